The second-order valence-corrected chi connectivity index (χ2v) is 9.30. The van der Waals surface area contributed by atoms with E-state index in [2.05, 4.69) is 15.4 Å². The van der Waals surface area contributed by atoms with Gasteiger partial charge in [-0.3, -0.25) is 9.48 Å². The van der Waals surface area contributed by atoms with E-state index in [0.29, 0.717) is 15.9 Å². The summed E-state index contributed by atoms with van der Waals surface area (Å²) in [5, 5.41) is 9.19. The number of nitrogens with zero attached hydrogens (tertiary/aromatic N) is 3. The summed E-state index contributed by atoms with van der Waals surface area (Å²) < 4.78 is 1.75. The van der Waals surface area contributed by atoms with Crippen molar-refractivity contribution in [2.24, 2.45) is 18.9 Å². The molecule has 3 heterocycles. The van der Waals surface area contributed by atoms with E-state index in [4.69, 9.17) is 11.6 Å². The first-order chi connectivity index (χ1) is 12.9. The lowest BCUT2D eigenvalue weighted by atomic mass is 10.0. The Balaban J connectivity index is 1.64. The molecule has 0 saturated heterocycles. The van der Waals surface area contributed by atoms with Crippen LogP contribution in [0.1, 0.15) is 40.2 Å². The summed E-state index contributed by atoms with van der Waals surface area (Å²) in [6.07, 6.45) is 7.32. The van der Waals surface area contributed by atoms with Gasteiger partial charge < -0.3 is 5.32 Å². The van der Waals surface area contributed by atoms with Crippen molar-refractivity contribution in [1.29, 1.82) is 0 Å². The summed E-state index contributed by atoms with van der Waals surface area (Å²) in [4.78, 5) is 19.4. The molecule has 0 aliphatic heterocycles. The van der Waals surface area contributed by atoms with Gasteiger partial charge in [-0.25, -0.2) is 4.98 Å². The summed E-state index contributed by atoms with van der Waals surface area (Å²) in [5.74, 6) is 1.66. The van der Waals surface area contributed by atoms with E-state index in [0.717, 1.165) is 57.3 Å². The monoisotopic (exact) mass is 400 g/mol. The Morgan fingerprint density at radius 1 is 1.30 bits per heavy atom. The van der Waals surface area contributed by atoms with E-state index in [1.165, 1.54) is 17.8 Å². The molecule has 2 unspecified atom stereocenters. The lowest BCUT2D eigenvalue weighted by Gasteiger charge is -2.14. The van der Waals surface area contributed by atoms with Crippen molar-refractivity contribution in [1.82, 2.24) is 20.1 Å². The first-order valence-corrected chi connectivity index (χ1v) is 10.5. The smallest absolute Gasteiger partial charge is 0.262 e. The van der Waals surface area contributed by atoms with Crippen molar-refractivity contribution in [2.75, 3.05) is 0 Å². The van der Waals surface area contributed by atoms with Crippen molar-refractivity contribution in [3.8, 4) is 11.1 Å². The molecule has 2 saturated carbocycles. The third-order valence-corrected chi connectivity index (χ3v) is 7.60. The molecule has 3 atom stereocenters. The van der Waals surface area contributed by atoms with Crippen LogP contribution in [-0.2, 0) is 7.05 Å². The number of halogens is 1. The van der Waals surface area contributed by atoms with Gasteiger partial charge in [0, 0.05) is 35.8 Å². The maximum Gasteiger partial charge on any atom is 0.262 e. The van der Waals surface area contributed by atoms with Gasteiger partial charge in [-0.1, -0.05) is 11.6 Å². The van der Waals surface area contributed by atoms with E-state index in [-0.39, 0.29) is 5.91 Å². The van der Waals surface area contributed by atoms with Crippen molar-refractivity contribution in [2.45, 2.75) is 39.2 Å². The standard InChI is InChI=1S/C20H21ClN4OS/c1-9-15-16(13-7-22-25(3)8-13)18(27-20(15)23-10(2)17(9)21)19(26)24-14-5-11-4-12(11)6-14/h7-8,11-12,14H,4-6H2,1-3H3,(H,24,26)/t11-,12?,14?/m0/s1. The topological polar surface area (TPSA) is 59.8 Å². The van der Waals surface area contributed by atoms with Crippen LogP contribution >= 0.6 is 22.9 Å². The van der Waals surface area contributed by atoms with Crippen LogP contribution in [0, 0.1) is 25.7 Å². The lowest BCUT2D eigenvalue weighted by molar-refractivity contribution is 0.0940. The number of nitrogens with one attached hydrogen (secondary N) is 1. The van der Waals surface area contributed by atoms with Crippen LogP contribution in [0.25, 0.3) is 21.3 Å². The number of rotatable bonds is 3. The number of fused-ring (bicyclic) bond motifs is 2. The number of aryl methyl sites for hydroxylation is 3. The van der Waals surface area contributed by atoms with Crippen molar-refractivity contribution >= 4 is 39.1 Å². The van der Waals surface area contributed by atoms with Gasteiger partial charge in [0.15, 0.2) is 0 Å². The Bertz CT molecular complexity index is 1080. The highest BCUT2D eigenvalue weighted by atomic mass is 35.5. The van der Waals surface area contributed by atoms with Gasteiger partial charge in [-0.2, -0.15) is 5.10 Å². The lowest BCUT2D eigenvalue weighted by Crippen LogP contribution is -2.33. The van der Waals surface area contributed by atoms with Crippen molar-refractivity contribution in [3.63, 3.8) is 0 Å². The van der Waals surface area contributed by atoms with E-state index < -0.39 is 0 Å². The molecule has 140 valence electrons. The fourth-order valence-electron chi connectivity index (χ4n) is 4.50. The maximum atomic E-state index is 13.2. The molecule has 0 aromatic carbocycles. The van der Waals surface area contributed by atoms with Gasteiger partial charge in [0.2, 0.25) is 0 Å². The van der Waals surface area contributed by atoms with Gasteiger partial charge in [-0.05, 0) is 50.5 Å². The van der Waals surface area contributed by atoms with Gasteiger partial charge in [0.25, 0.3) is 5.91 Å². The Kier molecular flexibility index (Phi) is 3.85. The summed E-state index contributed by atoms with van der Waals surface area (Å²) in [6, 6.07) is 0.299. The van der Waals surface area contributed by atoms with Gasteiger partial charge >= 0.3 is 0 Å². The van der Waals surface area contributed by atoms with E-state index in [1.807, 2.05) is 27.1 Å². The zero-order chi connectivity index (χ0) is 18.9. The molecule has 5 nitrogen and oxygen atoms in total. The molecule has 1 N–H and O–H groups in total. The number of hydrogen-bond donors (Lipinski definition) is 1. The van der Waals surface area contributed by atoms with Crippen LogP contribution < -0.4 is 5.32 Å². The van der Waals surface area contributed by atoms with Gasteiger partial charge in [-0.15, -0.1) is 11.3 Å². The number of carbonyl (C=O) groups excluding carboxylic acids is 1. The summed E-state index contributed by atoms with van der Waals surface area (Å²) >= 11 is 7.94. The van der Waals surface area contributed by atoms with Gasteiger partial charge in [0.05, 0.1) is 16.9 Å². The van der Waals surface area contributed by atoms with Crippen LogP contribution in [-0.4, -0.2) is 26.7 Å². The van der Waals surface area contributed by atoms with E-state index in [1.54, 1.807) is 10.9 Å². The minimum absolute atomic E-state index is 0.00340. The van der Waals surface area contributed by atoms with Crippen molar-refractivity contribution < 1.29 is 4.79 Å². The normalized spacial score (nSPS) is 23.6. The zero-order valence-electron chi connectivity index (χ0n) is 15.5. The predicted molar refractivity (Wildman–Crippen MR) is 108 cm³/mol. The first-order valence-electron chi connectivity index (χ1n) is 9.31. The van der Waals surface area contributed by atoms with Crippen LogP contribution in [0.15, 0.2) is 12.4 Å². The highest BCUT2D eigenvalue weighted by Gasteiger charge is 2.46. The number of carbonyl (C=O) groups is 1. The number of thiophene rings is 1. The average molecular weight is 401 g/mol. The maximum absolute atomic E-state index is 13.2. The quantitative estimate of drug-likeness (QED) is 0.704. The zero-order valence-corrected chi connectivity index (χ0v) is 17.1. The third kappa shape index (κ3) is 2.77. The molecular formula is C20H21ClN4OS. The molecule has 2 aliphatic carbocycles. The first kappa shape index (κ1) is 17.2. The van der Waals surface area contributed by atoms with E-state index in [9.17, 15) is 4.79 Å². The van der Waals surface area contributed by atoms with Crippen LogP contribution in [0.5, 0.6) is 0 Å². The second-order valence-electron chi connectivity index (χ2n) is 7.92. The molecule has 0 radical (unpaired) electrons. The molecule has 2 fully saturated rings. The third-order valence-electron chi connectivity index (χ3n) is 5.96. The fourth-order valence-corrected chi connectivity index (χ4v) is 5.84. The number of pyridine rings is 1. The molecular weight excluding hydrogens is 380 g/mol. The Morgan fingerprint density at radius 3 is 2.70 bits per heavy atom. The van der Waals surface area contributed by atoms with Crippen LogP contribution in [0.3, 0.4) is 0 Å². The summed E-state index contributed by atoms with van der Waals surface area (Å²) in [5.41, 5.74) is 3.59. The van der Waals surface area contributed by atoms with Crippen LogP contribution in [0.4, 0.5) is 0 Å². The average Bonchev–Trinajstić information content (AvgIpc) is 2.99. The summed E-state index contributed by atoms with van der Waals surface area (Å²) in [7, 11) is 1.88. The Labute approximate surface area is 166 Å². The highest BCUT2D eigenvalue weighted by molar-refractivity contribution is 7.21. The van der Waals surface area contributed by atoms with Crippen LogP contribution in [0.2, 0.25) is 5.02 Å². The predicted octanol–water partition coefficient (Wildman–Crippen LogP) is 4.50. The Hall–Kier alpha value is -1.92. The minimum atomic E-state index is -0.00340. The molecule has 2 aliphatic rings. The molecule has 0 bridgehead atoms. The molecule has 7 heteroatoms. The number of amides is 1. The second kappa shape index (κ2) is 6.04. The van der Waals surface area contributed by atoms with Gasteiger partial charge in [0.1, 0.15) is 9.71 Å². The molecule has 1 amide bonds. The molecule has 0 spiro atoms. The number of aromatic nitrogens is 3. The summed E-state index contributed by atoms with van der Waals surface area (Å²) in [6.45, 7) is 3.90. The fraction of sp³-hybridized carbons (Fsp3) is 0.450. The minimum Gasteiger partial charge on any atom is -0.349 e. The SMILES string of the molecule is Cc1nc2sc(C(=O)NC3CC4C[C@H]4C3)c(-c3cnn(C)c3)c2c(C)c1Cl. The largest absolute Gasteiger partial charge is 0.349 e. The highest BCUT2D eigenvalue weighted by Crippen LogP contribution is 2.52. The molecule has 5 rings (SSSR count). The van der Waals surface area contributed by atoms with E-state index >= 15 is 0 Å². The molecule has 3 aromatic rings. The molecule has 3 aromatic heterocycles. The Morgan fingerprint density at radius 2 is 2.04 bits per heavy atom. The van der Waals surface area contributed by atoms with Crippen molar-refractivity contribution in [3.05, 3.63) is 33.6 Å². The molecule has 27 heavy (non-hydrogen) atoms. The number of hydrogen-bond acceptors (Lipinski definition) is 4.